The summed E-state index contributed by atoms with van der Waals surface area (Å²) in [6.45, 7) is 5.00. The van der Waals surface area contributed by atoms with Crippen LogP contribution in [0.25, 0.3) is 0 Å². The van der Waals surface area contributed by atoms with Crippen molar-refractivity contribution in [1.29, 1.82) is 0 Å². The number of rotatable bonds is 3. The van der Waals surface area contributed by atoms with Crippen LogP contribution in [-0.2, 0) is 19.1 Å². The maximum atomic E-state index is 12.0. The third-order valence-corrected chi connectivity index (χ3v) is 4.11. The van der Waals surface area contributed by atoms with E-state index in [0.29, 0.717) is 18.4 Å². The average Bonchev–Trinajstić information content (AvgIpc) is 2.33. The van der Waals surface area contributed by atoms with Gasteiger partial charge in [0.15, 0.2) is 0 Å². The molecule has 2 rings (SSSR count). The predicted molar refractivity (Wildman–Crippen MR) is 71.8 cm³/mol. The van der Waals surface area contributed by atoms with Gasteiger partial charge < -0.3 is 14.6 Å². The number of fused-ring (bicyclic) bond motifs is 1. The lowest BCUT2D eigenvalue weighted by atomic mass is 9.76. The number of aliphatic hydroxyl groups is 1. The summed E-state index contributed by atoms with van der Waals surface area (Å²) in [6.07, 6.45) is 1.60. The van der Waals surface area contributed by atoms with E-state index < -0.39 is 6.10 Å². The Balaban J connectivity index is 2.11. The minimum atomic E-state index is -0.554. The predicted octanol–water partition coefficient (Wildman–Crippen LogP) is 1.73. The van der Waals surface area contributed by atoms with E-state index >= 15 is 0 Å². The SMILES string of the molecule is CC(=O)OC1CCC2C(C)=C(CC(C)O)C(=O)OC2C1. The molecule has 112 valence electrons. The number of carbonyl (C=O) groups is 2. The minimum Gasteiger partial charge on any atom is -0.462 e. The Kier molecular flexibility index (Phi) is 4.48. The lowest BCUT2D eigenvalue weighted by molar-refractivity contribution is -0.159. The number of hydrogen-bond donors (Lipinski definition) is 1. The highest BCUT2D eigenvalue weighted by atomic mass is 16.6. The van der Waals surface area contributed by atoms with Crippen LogP contribution in [0.2, 0.25) is 0 Å². The van der Waals surface area contributed by atoms with E-state index in [2.05, 4.69) is 0 Å². The quantitative estimate of drug-likeness (QED) is 0.798. The lowest BCUT2D eigenvalue weighted by Crippen LogP contribution is -2.42. The highest BCUT2D eigenvalue weighted by Crippen LogP contribution is 2.39. The number of ether oxygens (including phenoxy) is 2. The molecule has 5 nitrogen and oxygen atoms in total. The second-order valence-corrected chi connectivity index (χ2v) is 5.81. The summed E-state index contributed by atoms with van der Waals surface area (Å²) >= 11 is 0. The first-order chi connectivity index (χ1) is 9.38. The van der Waals surface area contributed by atoms with Gasteiger partial charge in [-0.2, -0.15) is 0 Å². The van der Waals surface area contributed by atoms with Crippen LogP contribution in [0.3, 0.4) is 0 Å². The largest absolute Gasteiger partial charge is 0.462 e. The number of carbonyl (C=O) groups excluding carboxylic acids is 2. The van der Waals surface area contributed by atoms with Gasteiger partial charge in [0.25, 0.3) is 0 Å². The monoisotopic (exact) mass is 282 g/mol. The zero-order chi connectivity index (χ0) is 14.9. The first kappa shape index (κ1) is 15.0. The Morgan fingerprint density at radius 2 is 2.20 bits per heavy atom. The number of aliphatic hydroxyl groups excluding tert-OH is 1. The van der Waals surface area contributed by atoms with E-state index in [1.54, 1.807) is 6.92 Å². The third kappa shape index (κ3) is 3.20. The molecule has 0 bridgehead atoms. The fraction of sp³-hybridized carbons (Fsp3) is 0.733. The molecule has 0 radical (unpaired) electrons. The smallest absolute Gasteiger partial charge is 0.334 e. The summed E-state index contributed by atoms with van der Waals surface area (Å²) in [5, 5.41) is 9.48. The van der Waals surface area contributed by atoms with Crippen LogP contribution in [0.5, 0.6) is 0 Å². The van der Waals surface area contributed by atoms with Crippen LogP contribution in [0.4, 0.5) is 0 Å². The molecule has 1 fully saturated rings. The molecular formula is C15H22O5. The second-order valence-electron chi connectivity index (χ2n) is 5.81. The van der Waals surface area contributed by atoms with Gasteiger partial charge in [0, 0.05) is 31.3 Å². The molecule has 0 saturated heterocycles. The van der Waals surface area contributed by atoms with Crippen molar-refractivity contribution in [1.82, 2.24) is 0 Å². The van der Waals surface area contributed by atoms with Crippen LogP contribution >= 0.6 is 0 Å². The Bertz CT molecular complexity index is 438. The van der Waals surface area contributed by atoms with E-state index in [1.165, 1.54) is 6.92 Å². The van der Waals surface area contributed by atoms with Gasteiger partial charge in [0.1, 0.15) is 12.2 Å². The van der Waals surface area contributed by atoms with Gasteiger partial charge in [0.2, 0.25) is 0 Å². The molecule has 0 aromatic heterocycles. The Morgan fingerprint density at radius 3 is 2.80 bits per heavy atom. The van der Waals surface area contributed by atoms with Gasteiger partial charge in [-0.05, 0) is 26.7 Å². The van der Waals surface area contributed by atoms with Crippen molar-refractivity contribution in [3.05, 3.63) is 11.1 Å². The number of hydrogen-bond acceptors (Lipinski definition) is 5. The van der Waals surface area contributed by atoms with Crippen molar-refractivity contribution in [2.75, 3.05) is 0 Å². The van der Waals surface area contributed by atoms with Crippen molar-refractivity contribution < 1.29 is 24.2 Å². The molecule has 1 N–H and O–H groups in total. The Hall–Kier alpha value is -1.36. The molecule has 4 unspecified atom stereocenters. The van der Waals surface area contributed by atoms with E-state index in [-0.39, 0.29) is 30.1 Å². The highest BCUT2D eigenvalue weighted by Gasteiger charge is 2.40. The van der Waals surface area contributed by atoms with Crippen molar-refractivity contribution in [3.63, 3.8) is 0 Å². The first-order valence-electron chi connectivity index (χ1n) is 7.14. The molecule has 2 aliphatic rings. The van der Waals surface area contributed by atoms with Crippen LogP contribution in [0, 0.1) is 5.92 Å². The van der Waals surface area contributed by atoms with Crippen molar-refractivity contribution >= 4 is 11.9 Å². The molecule has 0 aromatic rings. The van der Waals surface area contributed by atoms with E-state index in [9.17, 15) is 14.7 Å². The molecule has 20 heavy (non-hydrogen) atoms. The summed E-state index contributed by atoms with van der Waals surface area (Å²) in [6, 6.07) is 0. The van der Waals surface area contributed by atoms with Crippen LogP contribution in [0.15, 0.2) is 11.1 Å². The molecule has 1 aliphatic carbocycles. The van der Waals surface area contributed by atoms with Crippen LogP contribution < -0.4 is 0 Å². The fourth-order valence-corrected chi connectivity index (χ4v) is 3.19. The molecule has 0 amide bonds. The van der Waals surface area contributed by atoms with Gasteiger partial charge in [-0.15, -0.1) is 0 Å². The maximum Gasteiger partial charge on any atom is 0.334 e. The average molecular weight is 282 g/mol. The summed E-state index contributed by atoms with van der Waals surface area (Å²) < 4.78 is 10.7. The molecule has 1 saturated carbocycles. The van der Waals surface area contributed by atoms with Crippen molar-refractivity contribution in [3.8, 4) is 0 Å². The molecule has 0 spiro atoms. The van der Waals surface area contributed by atoms with Crippen molar-refractivity contribution in [2.24, 2.45) is 5.92 Å². The Labute approximate surface area is 118 Å². The number of esters is 2. The van der Waals surface area contributed by atoms with Gasteiger partial charge in [0.05, 0.1) is 6.10 Å². The molecule has 1 heterocycles. The Morgan fingerprint density at radius 1 is 1.50 bits per heavy atom. The van der Waals surface area contributed by atoms with E-state index in [0.717, 1.165) is 18.4 Å². The summed E-state index contributed by atoms with van der Waals surface area (Å²) in [5.74, 6) is -0.445. The van der Waals surface area contributed by atoms with E-state index in [1.807, 2.05) is 6.92 Å². The first-order valence-corrected chi connectivity index (χ1v) is 7.14. The molecular weight excluding hydrogens is 260 g/mol. The van der Waals surface area contributed by atoms with Gasteiger partial charge >= 0.3 is 11.9 Å². The molecule has 0 aromatic carbocycles. The molecule has 5 heteroatoms. The fourth-order valence-electron chi connectivity index (χ4n) is 3.19. The van der Waals surface area contributed by atoms with Gasteiger partial charge in [-0.25, -0.2) is 4.79 Å². The summed E-state index contributed by atoms with van der Waals surface area (Å²) in [7, 11) is 0. The van der Waals surface area contributed by atoms with E-state index in [4.69, 9.17) is 9.47 Å². The summed E-state index contributed by atoms with van der Waals surface area (Å²) in [4.78, 5) is 23.0. The lowest BCUT2D eigenvalue weighted by Gasteiger charge is -2.39. The zero-order valence-electron chi connectivity index (χ0n) is 12.2. The van der Waals surface area contributed by atoms with Crippen molar-refractivity contribution in [2.45, 2.75) is 64.8 Å². The second kappa shape index (κ2) is 5.95. The highest BCUT2D eigenvalue weighted by molar-refractivity contribution is 5.90. The third-order valence-electron chi connectivity index (χ3n) is 4.11. The van der Waals surface area contributed by atoms with Gasteiger partial charge in [-0.3, -0.25) is 4.79 Å². The zero-order valence-corrected chi connectivity index (χ0v) is 12.2. The summed E-state index contributed by atoms with van der Waals surface area (Å²) in [5.41, 5.74) is 1.63. The normalized spacial score (nSPS) is 31.4. The topological polar surface area (TPSA) is 72.8 Å². The molecule has 1 aliphatic heterocycles. The minimum absolute atomic E-state index is 0.160. The van der Waals surface area contributed by atoms with Crippen LogP contribution in [-0.4, -0.2) is 35.4 Å². The van der Waals surface area contributed by atoms with Crippen LogP contribution in [0.1, 0.15) is 46.5 Å². The molecule has 4 atom stereocenters. The standard InChI is InChI=1S/C15H22O5/c1-8(16)6-13-9(2)12-5-4-11(19-10(3)17)7-14(12)20-15(13)18/h8,11-12,14,16H,4-7H2,1-3H3. The van der Waals surface area contributed by atoms with Gasteiger partial charge in [-0.1, -0.05) is 5.57 Å². The maximum absolute atomic E-state index is 12.0.